The zero-order valence-corrected chi connectivity index (χ0v) is 12.9. The Bertz CT molecular complexity index is 687. The van der Waals surface area contributed by atoms with Gasteiger partial charge in [0.2, 0.25) is 5.91 Å². The van der Waals surface area contributed by atoms with E-state index in [0.717, 1.165) is 28.8 Å². The first-order chi connectivity index (χ1) is 10.6. The van der Waals surface area contributed by atoms with Gasteiger partial charge >= 0.3 is 0 Å². The molecule has 3 nitrogen and oxygen atoms in total. The molecule has 0 spiro atoms. The fraction of sp³-hybridized carbons (Fsp3) is 0.211. The number of anilines is 1. The topological polar surface area (TPSA) is 32.3 Å². The third kappa shape index (κ3) is 3.03. The Hall–Kier alpha value is -2.55. The molecule has 1 heterocycles. The van der Waals surface area contributed by atoms with E-state index >= 15 is 0 Å². The standard InChI is InChI=1S/C19H20N2O/c1-21(2)17-10-8-14(9-11-17)12-16-13-18(20-19(16)22)15-6-4-3-5-7-15/h3-12,18H,13H2,1-2H3,(H,20,22)/b16-12-. The van der Waals surface area contributed by atoms with Crippen molar-refractivity contribution in [3.63, 3.8) is 0 Å². The number of benzene rings is 2. The summed E-state index contributed by atoms with van der Waals surface area (Å²) in [6.45, 7) is 0. The van der Waals surface area contributed by atoms with E-state index in [4.69, 9.17) is 0 Å². The van der Waals surface area contributed by atoms with E-state index in [2.05, 4.69) is 34.5 Å². The Kier molecular flexibility index (Phi) is 3.96. The van der Waals surface area contributed by atoms with Crippen LogP contribution in [-0.2, 0) is 4.79 Å². The second-order valence-corrected chi connectivity index (χ2v) is 5.80. The lowest BCUT2D eigenvalue weighted by molar-refractivity contribution is -0.116. The van der Waals surface area contributed by atoms with Gasteiger partial charge in [-0.15, -0.1) is 0 Å². The number of carbonyl (C=O) groups excluding carboxylic acids is 1. The lowest BCUT2D eigenvalue weighted by atomic mass is 10.0. The molecule has 1 aliphatic rings. The van der Waals surface area contributed by atoms with Crippen molar-refractivity contribution in [1.82, 2.24) is 5.32 Å². The van der Waals surface area contributed by atoms with Crippen LogP contribution >= 0.6 is 0 Å². The molecule has 1 atom stereocenters. The van der Waals surface area contributed by atoms with Crippen molar-refractivity contribution >= 4 is 17.7 Å². The highest BCUT2D eigenvalue weighted by Gasteiger charge is 2.27. The number of nitrogens with one attached hydrogen (secondary N) is 1. The quantitative estimate of drug-likeness (QED) is 0.879. The van der Waals surface area contributed by atoms with Crippen LogP contribution < -0.4 is 10.2 Å². The smallest absolute Gasteiger partial charge is 0.247 e. The van der Waals surface area contributed by atoms with Crippen LogP contribution in [0, 0.1) is 0 Å². The molecule has 0 aromatic heterocycles. The van der Waals surface area contributed by atoms with E-state index in [1.165, 1.54) is 0 Å². The molecule has 112 valence electrons. The van der Waals surface area contributed by atoms with Crippen LogP contribution in [0.2, 0.25) is 0 Å². The Labute approximate surface area is 131 Å². The lowest BCUT2D eigenvalue weighted by Crippen LogP contribution is -2.18. The molecular formula is C19H20N2O. The summed E-state index contributed by atoms with van der Waals surface area (Å²) in [5.74, 6) is 0.0329. The maximum atomic E-state index is 12.1. The molecule has 1 unspecified atom stereocenters. The van der Waals surface area contributed by atoms with Gasteiger partial charge in [0, 0.05) is 31.8 Å². The van der Waals surface area contributed by atoms with E-state index in [9.17, 15) is 4.79 Å². The Morgan fingerprint density at radius 3 is 2.36 bits per heavy atom. The first kappa shape index (κ1) is 14.4. The normalized spacial score (nSPS) is 19.3. The largest absolute Gasteiger partial charge is 0.378 e. The first-order valence-corrected chi connectivity index (χ1v) is 7.47. The molecule has 0 saturated carbocycles. The molecule has 22 heavy (non-hydrogen) atoms. The molecular weight excluding hydrogens is 272 g/mol. The van der Waals surface area contributed by atoms with Crippen LogP contribution in [0.5, 0.6) is 0 Å². The van der Waals surface area contributed by atoms with Gasteiger partial charge in [0.25, 0.3) is 0 Å². The highest BCUT2D eigenvalue weighted by atomic mass is 16.2. The van der Waals surface area contributed by atoms with E-state index in [-0.39, 0.29) is 11.9 Å². The summed E-state index contributed by atoms with van der Waals surface area (Å²) in [4.78, 5) is 14.2. The average Bonchev–Trinajstić information content (AvgIpc) is 2.90. The van der Waals surface area contributed by atoms with E-state index in [0.29, 0.717) is 0 Å². The molecule has 1 fully saturated rings. The molecule has 0 aliphatic carbocycles. The summed E-state index contributed by atoms with van der Waals surface area (Å²) >= 11 is 0. The van der Waals surface area contributed by atoms with E-state index < -0.39 is 0 Å². The second kappa shape index (κ2) is 6.06. The Morgan fingerprint density at radius 2 is 1.73 bits per heavy atom. The molecule has 3 rings (SSSR count). The summed E-state index contributed by atoms with van der Waals surface area (Å²) in [7, 11) is 4.03. The number of amides is 1. The number of rotatable bonds is 3. The highest BCUT2D eigenvalue weighted by molar-refractivity contribution is 6.00. The van der Waals surface area contributed by atoms with Gasteiger partial charge in [0.1, 0.15) is 0 Å². The number of hydrogen-bond donors (Lipinski definition) is 1. The van der Waals surface area contributed by atoms with Gasteiger partial charge in [-0.3, -0.25) is 4.79 Å². The molecule has 1 saturated heterocycles. The summed E-state index contributed by atoms with van der Waals surface area (Å²) in [6, 6.07) is 18.4. The third-order valence-corrected chi connectivity index (χ3v) is 3.97. The van der Waals surface area contributed by atoms with Crippen molar-refractivity contribution in [3.05, 3.63) is 71.3 Å². The zero-order chi connectivity index (χ0) is 15.5. The predicted molar refractivity (Wildman–Crippen MR) is 90.7 cm³/mol. The van der Waals surface area contributed by atoms with Crippen LogP contribution in [-0.4, -0.2) is 20.0 Å². The third-order valence-electron chi connectivity index (χ3n) is 3.97. The zero-order valence-electron chi connectivity index (χ0n) is 12.9. The van der Waals surface area contributed by atoms with Crippen LogP contribution in [0.4, 0.5) is 5.69 Å². The molecule has 1 amide bonds. The highest BCUT2D eigenvalue weighted by Crippen LogP contribution is 2.29. The monoisotopic (exact) mass is 292 g/mol. The Morgan fingerprint density at radius 1 is 1.05 bits per heavy atom. The van der Waals surface area contributed by atoms with Crippen molar-refractivity contribution in [2.24, 2.45) is 0 Å². The summed E-state index contributed by atoms with van der Waals surface area (Å²) in [6.07, 6.45) is 2.72. The number of hydrogen-bond acceptors (Lipinski definition) is 2. The van der Waals surface area contributed by atoms with Crippen molar-refractivity contribution in [1.29, 1.82) is 0 Å². The summed E-state index contributed by atoms with van der Waals surface area (Å²) in [5.41, 5.74) is 4.21. The van der Waals surface area contributed by atoms with Gasteiger partial charge in [0.15, 0.2) is 0 Å². The van der Waals surface area contributed by atoms with Gasteiger partial charge in [-0.2, -0.15) is 0 Å². The van der Waals surface area contributed by atoms with E-state index in [1.54, 1.807) is 0 Å². The van der Waals surface area contributed by atoms with Crippen molar-refractivity contribution in [2.75, 3.05) is 19.0 Å². The molecule has 0 bridgehead atoms. The minimum absolute atomic E-state index is 0.0329. The van der Waals surface area contributed by atoms with Crippen molar-refractivity contribution in [2.45, 2.75) is 12.5 Å². The van der Waals surface area contributed by atoms with Gasteiger partial charge in [0.05, 0.1) is 6.04 Å². The van der Waals surface area contributed by atoms with Gasteiger partial charge in [-0.25, -0.2) is 0 Å². The van der Waals surface area contributed by atoms with Crippen LogP contribution in [0.25, 0.3) is 6.08 Å². The number of carbonyl (C=O) groups is 1. The fourth-order valence-corrected chi connectivity index (χ4v) is 2.70. The minimum atomic E-state index is 0.0329. The first-order valence-electron chi connectivity index (χ1n) is 7.47. The van der Waals surface area contributed by atoms with Gasteiger partial charge < -0.3 is 10.2 Å². The summed E-state index contributed by atoms with van der Waals surface area (Å²) in [5, 5.41) is 3.05. The maximum Gasteiger partial charge on any atom is 0.247 e. The fourth-order valence-electron chi connectivity index (χ4n) is 2.70. The molecule has 0 radical (unpaired) electrons. The van der Waals surface area contributed by atoms with Gasteiger partial charge in [-0.1, -0.05) is 42.5 Å². The maximum absolute atomic E-state index is 12.1. The molecule has 1 aliphatic heterocycles. The Balaban J connectivity index is 1.78. The number of nitrogens with zero attached hydrogens (tertiary/aromatic N) is 1. The SMILES string of the molecule is CN(C)c1ccc(/C=C2/CC(c3ccccc3)NC2=O)cc1. The van der Waals surface area contributed by atoms with Crippen molar-refractivity contribution < 1.29 is 4.79 Å². The predicted octanol–water partition coefficient (Wildman–Crippen LogP) is 3.40. The molecule has 1 N–H and O–H groups in total. The van der Waals surface area contributed by atoms with Crippen LogP contribution in [0.15, 0.2) is 60.2 Å². The van der Waals surface area contributed by atoms with Crippen LogP contribution in [0.3, 0.4) is 0 Å². The van der Waals surface area contributed by atoms with Gasteiger partial charge in [-0.05, 0) is 29.3 Å². The second-order valence-electron chi connectivity index (χ2n) is 5.80. The van der Waals surface area contributed by atoms with Crippen LogP contribution in [0.1, 0.15) is 23.6 Å². The average molecular weight is 292 g/mol. The van der Waals surface area contributed by atoms with Crippen molar-refractivity contribution in [3.8, 4) is 0 Å². The molecule has 2 aromatic rings. The molecule has 2 aromatic carbocycles. The minimum Gasteiger partial charge on any atom is -0.378 e. The lowest BCUT2D eigenvalue weighted by Gasteiger charge is -2.11. The van der Waals surface area contributed by atoms with E-state index in [1.807, 2.05) is 50.5 Å². The molecule has 3 heteroatoms. The summed E-state index contributed by atoms with van der Waals surface area (Å²) < 4.78 is 0.